The maximum atomic E-state index is 12.4. The first-order chi connectivity index (χ1) is 11.0. The van der Waals surface area contributed by atoms with E-state index in [1.54, 1.807) is 0 Å². The molecule has 1 aromatic carbocycles. The van der Waals surface area contributed by atoms with Crippen molar-refractivity contribution in [1.82, 2.24) is 4.90 Å². The number of hydrogen-bond donors (Lipinski definition) is 0. The van der Waals surface area contributed by atoms with Gasteiger partial charge >= 0.3 is 0 Å². The van der Waals surface area contributed by atoms with Gasteiger partial charge in [0, 0.05) is 38.3 Å². The highest BCUT2D eigenvalue weighted by molar-refractivity contribution is 7.91. The van der Waals surface area contributed by atoms with Gasteiger partial charge in [-0.3, -0.25) is 4.79 Å². The fraction of sp³-hybridized carbons (Fsp3) is 0.588. The van der Waals surface area contributed by atoms with E-state index in [1.807, 2.05) is 23.1 Å². The summed E-state index contributed by atoms with van der Waals surface area (Å²) in [6.45, 7) is 3.10. The molecule has 1 aromatic rings. The van der Waals surface area contributed by atoms with Crippen LogP contribution in [-0.4, -0.2) is 56.9 Å². The quantitative estimate of drug-likeness (QED) is 0.840. The van der Waals surface area contributed by atoms with Crippen molar-refractivity contribution in [3.8, 4) is 0 Å². The lowest BCUT2D eigenvalue weighted by molar-refractivity contribution is -0.132. The molecule has 0 bridgehead atoms. The van der Waals surface area contributed by atoms with Crippen LogP contribution in [0.5, 0.6) is 0 Å². The summed E-state index contributed by atoms with van der Waals surface area (Å²) in [6, 6.07) is 10.2. The minimum Gasteiger partial charge on any atom is -0.368 e. The van der Waals surface area contributed by atoms with Crippen molar-refractivity contribution in [1.29, 1.82) is 0 Å². The third kappa shape index (κ3) is 4.25. The monoisotopic (exact) mass is 336 g/mol. The van der Waals surface area contributed by atoms with Crippen molar-refractivity contribution < 1.29 is 13.2 Å². The SMILES string of the molecule is O=C(CC1CCCS(=O)(=O)C1)N1CCN(c2ccccc2)CC1. The summed E-state index contributed by atoms with van der Waals surface area (Å²) >= 11 is 0. The van der Waals surface area contributed by atoms with Gasteiger partial charge in [0.1, 0.15) is 0 Å². The highest BCUT2D eigenvalue weighted by Gasteiger charge is 2.29. The third-order valence-electron chi connectivity index (χ3n) is 4.77. The number of benzene rings is 1. The molecule has 6 heteroatoms. The number of piperazine rings is 1. The van der Waals surface area contributed by atoms with Gasteiger partial charge in [0.15, 0.2) is 9.84 Å². The van der Waals surface area contributed by atoms with Crippen LogP contribution in [0.1, 0.15) is 19.3 Å². The zero-order valence-corrected chi connectivity index (χ0v) is 14.2. The highest BCUT2D eigenvalue weighted by atomic mass is 32.2. The van der Waals surface area contributed by atoms with Gasteiger partial charge in [0.05, 0.1) is 11.5 Å². The normalized spacial score (nSPS) is 24.4. The predicted octanol–water partition coefficient (Wildman–Crippen LogP) is 1.55. The molecule has 2 saturated heterocycles. The maximum Gasteiger partial charge on any atom is 0.223 e. The molecule has 1 atom stereocenters. The molecule has 1 unspecified atom stereocenters. The van der Waals surface area contributed by atoms with Crippen LogP contribution in [-0.2, 0) is 14.6 Å². The standard InChI is InChI=1S/C17H24N2O3S/c20-17(13-15-5-4-12-23(21,22)14-15)19-10-8-18(9-11-19)16-6-2-1-3-7-16/h1-3,6-7,15H,4-5,8-14H2. The Bertz CT molecular complexity index is 637. The largest absolute Gasteiger partial charge is 0.368 e. The van der Waals surface area contributed by atoms with E-state index < -0.39 is 9.84 Å². The Morgan fingerprint density at radius 3 is 2.43 bits per heavy atom. The number of rotatable bonds is 3. The van der Waals surface area contributed by atoms with Gasteiger partial charge in [-0.15, -0.1) is 0 Å². The van der Waals surface area contributed by atoms with Gasteiger partial charge < -0.3 is 9.80 Å². The second-order valence-corrected chi connectivity index (χ2v) is 8.76. The second-order valence-electron chi connectivity index (χ2n) is 6.53. The lowest BCUT2D eigenvalue weighted by Gasteiger charge is -2.37. The lowest BCUT2D eigenvalue weighted by atomic mass is 10.0. The Morgan fingerprint density at radius 1 is 1.09 bits per heavy atom. The lowest BCUT2D eigenvalue weighted by Crippen LogP contribution is -2.49. The van der Waals surface area contributed by atoms with Gasteiger partial charge in [-0.25, -0.2) is 8.42 Å². The Balaban J connectivity index is 1.50. The molecule has 2 aliphatic rings. The molecule has 0 aliphatic carbocycles. The van der Waals surface area contributed by atoms with Crippen LogP contribution in [0.2, 0.25) is 0 Å². The van der Waals surface area contributed by atoms with E-state index in [-0.39, 0.29) is 23.3 Å². The topological polar surface area (TPSA) is 57.7 Å². The van der Waals surface area contributed by atoms with Crippen molar-refractivity contribution in [2.24, 2.45) is 5.92 Å². The molecule has 2 aliphatic heterocycles. The Hall–Kier alpha value is -1.56. The zero-order valence-electron chi connectivity index (χ0n) is 13.4. The average molecular weight is 336 g/mol. The number of amides is 1. The fourth-order valence-corrected chi connectivity index (χ4v) is 5.28. The molecule has 0 aromatic heterocycles. The Morgan fingerprint density at radius 2 is 1.78 bits per heavy atom. The molecule has 5 nitrogen and oxygen atoms in total. The summed E-state index contributed by atoms with van der Waals surface area (Å²) in [5.74, 6) is 0.587. The van der Waals surface area contributed by atoms with Crippen LogP contribution < -0.4 is 4.90 Å². The molecule has 2 fully saturated rings. The minimum atomic E-state index is -2.93. The van der Waals surface area contributed by atoms with Crippen LogP contribution in [0.15, 0.2) is 30.3 Å². The summed E-state index contributed by atoms with van der Waals surface area (Å²) < 4.78 is 23.4. The molecule has 126 valence electrons. The molecular formula is C17H24N2O3S. The van der Waals surface area contributed by atoms with E-state index in [1.165, 1.54) is 5.69 Å². The van der Waals surface area contributed by atoms with Crippen molar-refractivity contribution in [2.75, 3.05) is 42.6 Å². The van der Waals surface area contributed by atoms with Gasteiger partial charge in [-0.1, -0.05) is 18.2 Å². The van der Waals surface area contributed by atoms with Crippen LogP contribution in [0, 0.1) is 5.92 Å². The molecule has 0 radical (unpaired) electrons. The number of sulfone groups is 1. The molecule has 23 heavy (non-hydrogen) atoms. The van der Waals surface area contributed by atoms with Crippen molar-refractivity contribution >= 4 is 21.4 Å². The molecule has 1 amide bonds. The number of anilines is 1. The molecule has 3 rings (SSSR count). The van der Waals surface area contributed by atoms with Gasteiger partial charge in [0.2, 0.25) is 5.91 Å². The number of nitrogens with zero attached hydrogens (tertiary/aromatic N) is 2. The van der Waals surface area contributed by atoms with E-state index in [0.29, 0.717) is 25.9 Å². The van der Waals surface area contributed by atoms with Gasteiger partial charge in [0.25, 0.3) is 0 Å². The predicted molar refractivity (Wildman–Crippen MR) is 91.2 cm³/mol. The first-order valence-electron chi connectivity index (χ1n) is 8.32. The number of carbonyl (C=O) groups is 1. The second kappa shape index (κ2) is 6.91. The zero-order chi connectivity index (χ0) is 16.3. The van der Waals surface area contributed by atoms with Crippen LogP contribution in [0.3, 0.4) is 0 Å². The summed E-state index contributed by atoms with van der Waals surface area (Å²) in [6.07, 6.45) is 1.93. The van der Waals surface area contributed by atoms with E-state index >= 15 is 0 Å². The average Bonchev–Trinajstić information content (AvgIpc) is 2.55. The van der Waals surface area contributed by atoms with Crippen molar-refractivity contribution in [2.45, 2.75) is 19.3 Å². The number of hydrogen-bond acceptors (Lipinski definition) is 4. The van der Waals surface area contributed by atoms with Crippen molar-refractivity contribution in [3.63, 3.8) is 0 Å². The Kier molecular flexibility index (Phi) is 4.90. The molecular weight excluding hydrogens is 312 g/mol. The molecule has 2 heterocycles. The van der Waals surface area contributed by atoms with Crippen molar-refractivity contribution in [3.05, 3.63) is 30.3 Å². The Labute approximate surface area is 138 Å². The van der Waals surface area contributed by atoms with Gasteiger partial charge in [-0.05, 0) is 30.9 Å². The fourth-order valence-electron chi connectivity index (χ4n) is 3.51. The summed E-state index contributed by atoms with van der Waals surface area (Å²) in [5.41, 5.74) is 1.19. The number of carbonyl (C=O) groups excluding carboxylic acids is 1. The third-order valence-corrected chi connectivity index (χ3v) is 6.66. The summed E-state index contributed by atoms with van der Waals surface area (Å²) in [7, 11) is -2.93. The highest BCUT2D eigenvalue weighted by Crippen LogP contribution is 2.23. The van der Waals surface area contributed by atoms with E-state index in [0.717, 1.165) is 19.5 Å². The first-order valence-corrected chi connectivity index (χ1v) is 10.1. The minimum absolute atomic E-state index is 0.00778. The maximum absolute atomic E-state index is 12.4. The summed E-state index contributed by atoms with van der Waals surface area (Å²) in [4.78, 5) is 16.6. The van der Waals surface area contributed by atoms with E-state index in [2.05, 4.69) is 17.0 Å². The smallest absolute Gasteiger partial charge is 0.223 e. The molecule has 0 saturated carbocycles. The number of para-hydroxylation sites is 1. The molecule has 0 spiro atoms. The van der Waals surface area contributed by atoms with E-state index in [4.69, 9.17) is 0 Å². The summed E-state index contributed by atoms with van der Waals surface area (Å²) in [5, 5.41) is 0. The first kappa shape index (κ1) is 16.3. The van der Waals surface area contributed by atoms with Crippen LogP contribution in [0.25, 0.3) is 0 Å². The van der Waals surface area contributed by atoms with Gasteiger partial charge in [-0.2, -0.15) is 0 Å². The van der Waals surface area contributed by atoms with Crippen LogP contribution in [0.4, 0.5) is 5.69 Å². The van der Waals surface area contributed by atoms with Crippen LogP contribution >= 0.6 is 0 Å². The van der Waals surface area contributed by atoms with E-state index in [9.17, 15) is 13.2 Å². The molecule has 0 N–H and O–H groups in total.